The van der Waals surface area contributed by atoms with Crippen LogP contribution in [0.25, 0.3) is 22.2 Å². The Morgan fingerprint density at radius 1 is 1.06 bits per heavy atom. The van der Waals surface area contributed by atoms with E-state index in [1.807, 2.05) is 47.4 Å². The molecule has 1 aliphatic carbocycles. The summed E-state index contributed by atoms with van der Waals surface area (Å²) in [5.74, 6) is 1.12. The Labute approximate surface area is 208 Å². The minimum atomic E-state index is -1.11. The first kappa shape index (κ1) is 22.6. The molecule has 3 aromatic heterocycles. The van der Waals surface area contributed by atoms with Gasteiger partial charge >= 0.3 is 0 Å². The molecule has 36 heavy (non-hydrogen) atoms. The van der Waals surface area contributed by atoms with Gasteiger partial charge in [0.15, 0.2) is 0 Å². The standard InChI is InChI=1S/C27H28N6O3/c34-26(27(35)9-1-10-27)33-14-12-32(13-15-33)18-21-4-2-19-16-22(5-6-23(19)30-21)36-25-7-3-20(17-28-25)24-8-11-29-31-24/h2-8,11,16-17,35H,1,9-10,12-15,18H2,(H,29,31). The van der Waals surface area contributed by atoms with Gasteiger partial charge in [0, 0.05) is 62.1 Å². The number of carbonyl (C=O) groups is 1. The number of piperazine rings is 1. The zero-order chi connectivity index (χ0) is 24.5. The highest BCUT2D eigenvalue weighted by atomic mass is 16.5. The SMILES string of the molecule is O=C(N1CCN(Cc2ccc3cc(Oc4ccc(-c5ccn[nH]5)cn4)ccc3n2)CC1)C1(O)CCC1. The molecule has 0 unspecified atom stereocenters. The molecular weight excluding hydrogens is 456 g/mol. The topological polar surface area (TPSA) is 107 Å². The van der Waals surface area contributed by atoms with E-state index in [2.05, 4.69) is 26.1 Å². The van der Waals surface area contributed by atoms with Crippen LogP contribution in [0.3, 0.4) is 0 Å². The predicted octanol–water partition coefficient (Wildman–Crippen LogP) is 3.37. The van der Waals surface area contributed by atoms with Crippen LogP contribution in [0, 0.1) is 0 Å². The number of hydrogen-bond donors (Lipinski definition) is 2. The third-order valence-electron chi connectivity index (χ3n) is 7.11. The number of amides is 1. The fraction of sp³-hybridized carbons (Fsp3) is 0.333. The maximum absolute atomic E-state index is 12.5. The summed E-state index contributed by atoms with van der Waals surface area (Å²) in [7, 11) is 0. The van der Waals surface area contributed by atoms with Crippen molar-refractivity contribution >= 4 is 16.8 Å². The molecule has 1 saturated heterocycles. The molecular formula is C27H28N6O3. The van der Waals surface area contributed by atoms with Crippen LogP contribution < -0.4 is 4.74 Å². The summed E-state index contributed by atoms with van der Waals surface area (Å²) in [5.41, 5.74) is 2.64. The van der Waals surface area contributed by atoms with Crippen LogP contribution >= 0.6 is 0 Å². The fourth-order valence-electron chi connectivity index (χ4n) is 4.79. The third kappa shape index (κ3) is 4.55. The highest BCUT2D eigenvalue weighted by molar-refractivity contribution is 5.86. The fourth-order valence-corrected chi connectivity index (χ4v) is 4.79. The van der Waals surface area contributed by atoms with Gasteiger partial charge in [0.25, 0.3) is 5.91 Å². The number of ether oxygens (including phenoxy) is 1. The molecule has 0 bridgehead atoms. The Bertz CT molecular complexity index is 1360. The Morgan fingerprint density at radius 3 is 2.61 bits per heavy atom. The van der Waals surface area contributed by atoms with Crippen LogP contribution in [0.4, 0.5) is 0 Å². The third-order valence-corrected chi connectivity index (χ3v) is 7.11. The van der Waals surface area contributed by atoms with Gasteiger partial charge in [0.1, 0.15) is 11.4 Å². The second kappa shape index (κ2) is 9.33. The number of aromatic nitrogens is 4. The monoisotopic (exact) mass is 484 g/mol. The van der Waals surface area contributed by atoms with Crippen molar-refractivity contribution in [2.75, 3.05) is 26.2 Å². The van der Waals surface area contributed by atoms with E-state index in [4.69, 9.17) is 9.72 Å². The average Bonchev–Trinajstić information content (AvgIpc) is 3.43. The lowest BCUT2D eigenvalue weighted by Gasteiger charge is -2.42. The van der Waals surface area contributed by atoms with Crippen molar-refractivity contribution in [3.05, 3.63) is 66.6 Å². The number of aromatic amines is 1. The van der Waals surface area contributed by atoms with E-state index >= 15 is 0 Å². The molecule has 0 atom stereocenters. The van der Waals surface area contributed by atoms with Crippen LogP contribution in [0.2, 0.25) is 0 Å². The molecule has 184 valence electrons. The maximum Gasteiger partial charge on any atom is 0.254 e. The summed E-state index contributed by atoms with van der Waals surface area (Å²) >= 11 is 0. The molecule has 2 N–H and O–H groups in total. The van der Waals surface area contributed by atoms with E-state index in [9.17, 15) is 9.90 Å². The molecule has 1 aromatic carbocycles. The smallest absolute Gasteiger partial charge is 0.254 e. The highest BCUT2D eigenvalue weighted by Gasteiger charge is 2.44. The van der Waals surface area contributed by atoms with E-state index < -0.39 is 5.60 Å². The molecule has 4 heterocycles. The summed E-state index contributed by atoms with van der Waals surface area (Å²) < 4.78 is 5.95. The minimum absolute atomic E-state index is 0.0980. The number of H-pyrrole nitrogens is 1. The molecule has 4 aromatic rings. The van der Waals surface area contributed by atoms with Crippen LogP contribution in [-0.2, 0) is 11.3 Å². The molecule has 6 rings (SSSR count). The molecule has 0 spiro atoms. The predicted molar refractivity (Wildman–Crippen MR) is 134 cm³/mol. The Kier molecular flexibility index (Phi) is 5.86. The molecule has 1 amide bonds. The van der Waals surface area contributed by atoms with Crippen molar-refractivity contribution in [2.45, 2.75) is 31.4 Å². The van der Waals surface area contributed by atoms with Crippen molar-refractivity contribution in [3.63, 3.8) is 0 Å². The second-order valence-electron chi connectivity index (χ2n) is 9.57. The lowest BCUT2D eigenvalue weighted by atomic mass is 9.79. The van der Waals surface area contributed by atoms with Crippen molar-refractivity contribution < 1.29 is 14.6 Å². The number of benzene rings is 1. The first-order valence-electron chi connectivity index (χ1n) is 12.3. The number of rotatable bonds is 6. The van der Waals surface area contributed by atoms with Gasteiger partial charge in [-0.3, -0.25) is 19.8 Å². The summed E-state index contributed by atoms with van der Waals surface area (Å²) in [6.07, 6.45) is 5.57. The van der Waals surface area contributed by atoms with E-state index in [0.717, 1.165) is 53.9 Å². The Hall–Kier alpha value is -3.82. The number of carbonyl (C=O) groups excluding carboxylic acids is 1. The minimum Gasteiger partial charge on any atom is -0.439 e. The number of hydrogen-bond acceptors (Lipinski definition) is 7. The lowest BCUT2D eigenvalue weighted by molar-refractivity contribution is -0.162. The van der Waals surface area contributed by atoms with Crippen molar-refractivity contribution in [1.29, 1.82) is 0 Å². The molecule has 1 saturated carbocycles. The van der Waals surface area contributed by atoms with Gasteiger partial charge in [-0.1, -0.05) is 6.07 Å². The second-order valence-corrected chi connectivity index (χ2v) is 9.57. The summed E-state index contributed by atoms with van der Waals surface area (Å²) in [6.45, 7) is 3.58. The molecule has 9 nitrogen and oxygen atoms in total. The van der Waals surface area contributed by atoms with Gasteiger partial charge in [-0.15, -0.1) is 0 Å². The zero-order valence-corrected chi connectivity index (χ0v) is 19.9. The summed E-state index contributed by atoms with van der Waals surface area (Å²) in [5, 5.41) is 18.2. The highest BCUT2D eigenvalue weighted by Crippen LogP contribution is 2.33. The quantitative estimate of drug-likeness (QED) is 0.432. The number of pyridine rings is 2. The molecule has 2 aliphatic rings. The van der Waals surface area contributed by atoms with Gasteiger partial charge in [0.2, 0.25) is 5.88 Å². The number of aliphatic hydroxyl groups is 1. The molecule has 2 fully saturated rings. The van der Waals surface area contributed by atoms with E-state index in [0.29, 0.717) is 37.6 Å². The Balaban J connectivity index is 1.07. The van der Waals surface area contributed by atoms with Crippen molar-refractivity contribution in [2.24, 2.45) is 0 Å². The van der Waals surface area contributed by atoms with Gasteiger partial charge in [-0.25, -0.2) is 4.98 Å². The Morgan fingerprint density at radius 2 is 1.92 bits per heavy atom. The maximum atomic E-state index is 12.5. The van der Waals surface area contributed by atoms with Gasteiger partial charge in [0.05, 0.1) is 16.9 Å². The lowest BCUT2D eigenvalue weighted by Crippen LogP contribution is -2.58. The molecule has 9 heteroatoms. The molecule has 1 aliphatic heterocycles. The first-order valence-corrected chi connectivity index (χ1v) is 12.3. The summed E-state index contributed by atoms with van der Waals surface area (Å²) in [4.78, 5) is 25.9. The van der Waals surface area contributed by atoms with Gasteiger partial charge < -0.3 is 14.7 Å². The zero-order valence-electron chi connectivity index (χ0n) is 19.9. The number of nitrogens with one attached hydrogen (secondary N) is 1. The van der Waals surface area contributed by atoms with E-state index in [1.165, 1.54) is 0 Å². The van der Waals surface area contributed by atoms with E-state index in [1.54, 1.807) is 12.4 Å². The first-order chi connectivity index (χ1) is 17.6. The van der Waals surface area contributed by atoms with Gasteiger partial charge in [-0.05, 0) is 55.7 Å². The number of fused-ring (bicyclic) bond motifs is 1. The van der Waals surface area contributed by atoms with Crippen LogP contribution in [0.1, 0.15) is 25.0 Å². The molecule has 0 radical (unpaired) electrons. The van der Waals surface area contributed by atoms with Crippen molar-refractivity contribution in [3.8, 4) is 22.9 Å². The van der Waals surface area contributed by atoms with Crippen LogP contribution in [0.5, 0.6) is 11.6 Å². The van der Waals surface area contributed by atoms with E-state index in [-0.39, 0.29) is 5.91 Å². The average molecular weight is 485 g/mol. The van der Waals surface area contributed by atoms with Crippen LogP contribution in [-0.4, -0.2) is 72.8 Å². The van der Waals surface area contributed by atoms with Crippen molar-refractivity contribution in [1.82, 2.24) is 30.0 Å². The summed E-state index contributed by atoms with van der Waals surface area (Å²) in [6, 6.07) is 15.6. The number of nitrogens with zero attached hydrogens (tertiary/aromatic N) is 5. The largest absolute Gasteiger partial charge is 0.439 e. The van der Waals surface area contributed by atoms with Crippen LogP contribution in [0.15, 0.2) is 60.9 Å². The normalized spacial score (nSPS) is 17.6. The van der Waals surface area contributed by atoms with Gasteiger partial charge in [-0.2, -0.15) is 5.10 Å².